The molecule has 82 valence electrons. The zero-order chi connectivity index (χ0) is 8.85. The number of nitrogens with one attached hydrogen (secondary N) is 1. The Bertz CT molecular complexity index is 108. The highest BCUT2D eigenvalue weighted by Crippen LogP contribution is 2.03. The smallest absolute Gasteiger partial charge is 0.0400 e. The molecule has 0 aliphatic carbocycles. The van der Waals surface area contributed by atoms with Crippen LogP contribution in [0.1, 0.15) is 27.7 Å². The van der Waals surface area contributed by atoms with E-state index in [1.54, 1.807) is 0 Å². The molecule has 0 rings (SSSR count). The van der Waals surface area contributed by atoms with E-state index in [4.69, 9.17) is 5.53 Å². The van der Waals surface area contributed by atoms with E-state index in [0.29, 0.717) is 11.8 Å². The summed E-state index contributed by atoms with van der Waals surface area (Å²) in [6.07, 6.45) is 0. The molecule has 0 atom stereocenters. The van der Waals surface area contributed by atoms with Crippen molar-refractivity contribution in [1.29, 1.82) is 5.53 Å². The third-order valence-electron chi connectivity index (χ3n) is 1.29. The molecule has 0 amide bonds. The maximum absolute atomic E-state index is 6.90. The third kappa shape index (κ3) is 12.0. The van der Waals surface area contributed by atoms with Gasteiger partial charge in [-0.2, -0.15) is 5.53 Å². The summed E-state index contributed by atoms with van der Waals surface area (Å²) < 4.78 is 0. The standard InChI is InChI=1S/C8H19N3.2ClH/c1-7(2)5-11(10-9)6-8(3)4;;/h7-9H,5-6H2,1-4H3;2*1H. The normalized spacial score (nSPS) is 9.08. The minimum atomic E-state index is 0. The van der Waals surface area contributed by atoms with Crippen LogP contribution in [0.2, 0.25) is 0 Å². The Labute approximate surface area is 93.6 Å². The maximum Gasteiger partial charge on any atom is 0.0400 e. The molecule has 0 aromatic heterocycles. The Balaban J connectivity index is -0.000000500. The lowest BCUT2D eigenvalue weighted by Gasteiger charge is -2.20. The summed E-state index contributed by atoms with van der Waals surface area (Å²) in [5.74, 6) is 1.17. The van der Waals surface area contributed by atoms with Gasteiger partial charge in [-0.05, 0) is 11.8 Å². The van der Waals surface area contributed by atoms with Gasteiger partial charge >= 0.3 is 0 Å². The van der Waals surface area contributed by atoms with Gasteiger partial charge in [0.2, 0.25) is 0 Å². The van der Waals surface area contributed by atoms with E-state index in [-0.39, 0.29) is 24.8 Å². The van der Waals surface area contributed by atoms with Gasteiger partial charge in [-0.3, -0.25) is 5.01 Å². The van der Waals surface area contributed by atoms with Gasteiger partial charge < -0.3 is 0 Å². The van der Waals surface area contributed by atoms with E-state index in [1.807, 2.05) is 5.01 Å². The van der Waals surface area contributed by atoms with Crippen molar-refractivity contribution in [3.63, 3.8) is 0 Å². The Morgan fingerprint density at radius 1 is 1.00 bits per heavy atom. The van der Waals surface area contributed by atoms with Gasteiger partial charge in [0.1, 0.15) is 0 Å². The predicted molar refractivity (Wildman–Crippen MR) is 60.9 cm³/mol. The molecule has 5 heteroatoms. The predicted octanol–water partition coefficient (Wildman–Crippen LogP) is 3.39. The van der Waals surface area contributed by atoms with Crippen LogP contribution >= 0.6 is 24.8 Å². The molecule has 0 spiro atoms. The van der Waals surface area contributed by atoms with Crippen molar-refractivity contribution >= 4 is 24.8 Å². The van der Waals surface area contributed by atoms with Gasteiger partial charge in [0.25, 0.3) is 0 Å². The lowest BCUT2D eigenvalue weighted by Crippen LogP contribution is -2.25. The number of nitrogens with zero attached hydrogens (tertiary/aromatic N) is 2. The topological polar surface area (TPSA) is 39.5 Å². The van der Waals surface area contributed by atoms with Gasteiger partial charge in [0, 0.05) is 13.1 Å². The monoisotopic (exact) mass is 229 g/mol. The van der Waals surface area contributed by atoms with E-state index in [0.717, 1.165) is 13.1 Å². The molecule has 3 nitrogen and oxygen atoms in total. The maximum atomic E-state index is 6.90. The van der Waals surface area contributed by atoms with E-state index >= 15 is 0 Å². The molecule has 0 unspecified atom stereocenters. The lowest BCUT2D eigenvalue weighted by atomic mass is 10.2. The van der Waals surface area contributed by atoms with Crippen molar-refractivity contribution in [1.82, 2.24) is 5.01 Å². The van der Waals surface area contributed by atoms with Gasteiger partial charge in [0.15, 0.2) is 0 Å². The summed E-state index contributed by atoms with van der Waals surface area (Å²) in [5.41, 5.74) is 6.90. The number of rotatable bonds is 5. The fourth-order valence-corrected chi connectivity index (χ4v) is 0.999. The van der Waals surface area contributed by atoms with Gasteiger partial charge in [-0.25, -0.2) is 0 Å². The zero-order valence-corrected chi connectivity index (χ0v) is 10.4. The van der Waals surface area contributed by atoms with Crippen LogP contribution < -0.4 is 0 Å². The highest BCUT2D eigenvalue weighted by molar-refractivity contribution is 5.85. The quantitative estimate of drug-likeness (QED) is 0.570. The molecule has 1 N–H and O–H groups in total. The molecule has 0 saturated heterocycles. The van der Waals surface area contributed by atoms with Crippen LogP contribution in [-0.2, 0) is 0 Å². The highest BCUT2D eigenvalue weighted by Gasteiger charge is 2.05. The van der Waals surface area contributed by atoms with E-state index < -0.39 is 0 Å². The van der Waals surface area contributed by atoms with Crippen LogP contribution in [0.25, 0.3) is 0 Å². The molecule has 0 saturated carbocycles. The summed E-state index contributed by atoms with van der Waals surface area (Å²) in [6, 6.07) is 0. The molecule has 0 heterocycles. The number of halogens is 2. The summed E-state index contributed by atoms with van der Waals surface area (Å²) in [4.78, 5) is 0. The van der Waals surface area contributed by atoms with Crippen LogP contribution in [0.5, 0.6) is 0 Å². The summed E-state index contributed by atoms with van der Waals surface area (Å²) in [5, 5.41) is 5.27. The second-order valence-corrected chi connectivity index (χ2v) is 3.76. The van der Waals surface area contributed by atoms with Crippen LogP contribution in [0.15, 0.2) is 5.22 Å². The third-order valence-corrected chi connectivity index (χ3v) is 1.29. The molecule has 0 aliphatic rings. The van der Waals surface area contributed by atoms with Crippen LogP contribution in [-0.4, -0.2) is 18.1 Å². The first kappa shape index (κ1) is 18.7. The highest BCUT2D eigenvalue weighted by atomic mass is 35.5. The van der Waals surface area contributed by atoms with Crippen molar-refractivity contribution in [3.05, 3.63) is 0 Å². The van der Waals surface area contributed by atoms with Gasteiger partial charge in [-0.1, -0.05) is 32.9 Å². The molecular weight excluding hydrogens is 209 g/mol. The Hall–Kier alpha value is -0.0200. The zero-order valence-electron chi connectivity index (χ0n) is 8.78. The fraction of sp³-hybridized carbons (Fsp3) is 1.00. The van der Waals surface area contributed by atoms with Crippen molar-refractivity contribution in [2.24, 2.45) is 17.1 Å². The molecule has 0 radical (unpaired) electrons. The number of hydrogen-bond acceptors (Lipinski definition) is 2. The van der Waals surface area contributed by atoms with E-state index in [1.165, 1.54) is 0 Å². The first-order valence-electron chi connectivity index (χ1n) is 4.18. The van der Waals surface area contributed by atoms with Crippen LogP contribution in [0, 0.1) is 17.4 Å². The molecular formula is C8H21Cl2N3. The molecule has 0 aromatic carbocycles. The largest absolute Gasteiger partial charge is 0.279 e. The number of hydrogen-bond donors (Lipinski definition) is 1. The van der Waals surface area contributed by atoms with Gasteiger partial charge in [-0.15, -0.1) is 24.8 Å². The summed E-state index contributed by atoms with van der Waals surface area (Å²) in [7, 11) is 0. The Morgan fingerprint density at radius 3 is 1.46 bits per heavy atom. The minimum Gasteiger partial charge on any atom is -0.279 e. The van der Waals surface area contributed by atoms with Crippen molar-refractivity contribution in [2.45, 2.75) is 27.7 Å². The molecule has 13 heavy (non-hydrogen) atoms. The Morgan fingerprint density at radius 2 is 1.31 bits per heavy atom. The second kappa shape index (κ2) is 10.1. The molecule has 0 aliphatic heterocycles. The van der Waals surface area contributed by atoms with E-state index in [2.05, 4.69) is 32.9 Å². The second-order valence-electron chi connectivity index (χ2n) is 3.76. The lowest BCUT2D eigenvalue weighted by molar-refractivity contribution is 0.208. The summed E-state index contributed by atoms with van der Waals surface area (Å²) in [6.45, 7) is 10.3. The van der Waals surface area contributed by atoms with Crippen molar-refractivity contribution in [2.75, 3.05) is 13.1 Å². The van der Waals surface area contributed by atoms with Gasteiger partial charge in [0.05, 0.1) is 0 Å². The summed E-state index contributed by atoms with van der Waals surface area (Å²) >= 11 is 0. The first-order valence-corrected chi connectivity index (χ1v) is 4.18. The Kier molecular flexibility index (Phi) is 14.5. The average molecular weight is 230 g/mol. The van der Waals surface area contributed by atoms with Crippen molar-refractivity contribution < 1.29 is 0 Å². The van der Waals surface area contributed by atoms with Crippen LogP contribution in [0.3, 0.4) is 0 Å². The fourth-order valence-electron chi connectivity index (χ4n) is 0.999. The van der Waals surface area contributed by atoms with Crippen molar-refractivity contribution in [3.8, 4) is 0 Å². The minimum absolute atomic E-state index is 0. The molecule has 0 fully saturated rings. The van der Waals surface area contributed by atoms with E-state index in [9.17, 15) is 0 Å². The molecule has 0 bridgehead atoms. The van der Waals surface area contributed by atoms with Crippen LogP contribution in [0.4, 0.5) is 0 Å². The first-order chi connectivity index (χ1) is 5.06. The average Bonchev–Trinajstić information content (AvgIpc) is 1.84. The molecule has 0 aromatic rings. The SMILES string of the molecule is CC(C)CN(CC(C)C)N=N.Cl.Cl.